The highest BCUT2D eigenvalue weighted by Gasteiger charge is 2.31. The van der Waals surface area contributed by atoms with Crippen molar-refractivity contribution in [2.75, 3.05) is 6.61 Å². The third kappa shape index (κ3) is 2.90. The van der Waals surface area contributed by atoms with Crippen molar-refractivity contribution in [3.8, 4) is 0 Å². The lowest BCUT2D eigenvalue weighted by Gasteiger charge is -2.30. The normalized spacial score (nSPS) is 24.2. The first-order chi connectivity index (χ1) is 12.3. The number of ether oxygens (including phenoxy) is 1. The van der Waals surface area contributed by atoms with Crippen LogP contribution in [-0.4, -0.2) is 31.6 Å². The van der Waals surface area contributed by atoms with E-state index in [9.17, 15) is 0 Å². The smallest absolute Gasteiger partial charge is 0.194 e. The Bertz CT molecular complexity index is 877. The Balaban J connectivity index is 1.30. The van der Waals surface area contributed by atoms with Crippen LogP contribution in [-0.2, 0) is 18.3 Å². The second kappa shape index (κ2) is 6.23. The number of aryl methyl sites for hydroxylation is 1. The summed E-state index contributed by atoms with van der Waals surface area (Å²) in [6.07, 6.45) is 10.7. The van der Waals surface area contributed by atoms with Gasteiger partial charge >= 0.3 is 0 Å². The molecule has 3 aromatic rings. The van der Waals surface area contributed by atoms with Crippen molar-refractivity contribution in [2.45, 2.75) is 50.3 Å². The van der Waals surface area contributed by atoms with Crippen LogP contribution in [0.2, 0.25) is 0 Å². The highest BCUT2D eigenvalue weighted by Crippen LogP contribution is 2.42. The van der Waals surface area contributed by atoms with Gasteiger partial charge in [-0.1, -0.05) is 0 Å². The molecule has 132 valence electrons. The zero-order chi connectivity index (χ0) is 16.8. The van der Waals surface area contributed by atoms with Crippen molar-refractivity contribution < 1.29 is 4.74 Å². The van der Waals surface area contributed by atoms with Gasteiger partial charge in [-0.05, 0) is 25.7 Å². The molecule has 3 aromatic heterocycles. The molecule has 0 aromatic carbocycles. The van der Waals surface area contributed by atoms with Gasteiger partial charge in [0.15, 0.2) is 4.96 Å². The van der Waals surface area contributed by atoms with Gasteiger partial charge in [-0.15, -0.1) is 11.3 Å². The molecule has 0 bridgehead atoms. The molecule has 1 saturated heterocycles. The Labute approximate surface area is 150 Å². The molecule has 2 fully saturated rings. The number of thiazole rings is 1. The first kappa shape index (κ1) is 15.5. The lowest BCUT2D eigenvalue weighted by molar-refractivity contribution is -0.00411. The lowest BCUT2D eigenvalue weighted by atomic mass is 10.0. The van der Waals surface area contributed by atoms with Crippen LogP contribution in [0.3, 0.4) is 0 Å². The van der Waals surface area contributed by atoms with E-state index in [4.69, 9.17) is 9.72 Å². The molecule has 5 rings (SSSR count). The largest absolute Gasteiger partial charge is 0.372 e. The summed E-state index contributed by atoms with van der Waals surface area (Å²) < 4.78 is 10.3. The molecular weight excluding hydrogens is 334 g/mol. The molecule has 0 spiro atoms. The van der Waals surface area contributed by atoms with Crippen molar-refractivity contribution >= 4 is 16.3 Å². The predicted octanol–water partition coefficient (Wildman–Crippen LogP) is 3.02. The molecular formula is C18H23N5OS. The minimum Gasteiger partial charge on any atom is -0.372 e. The number of nitrogens with zero attached hydrogens (tertiary/aromatic N) is 4. The van der Waals surface area contributed by atoms with Crippen LogP contribution in [0.4, 0.5) is 0 Å². The standard InChI is InChI=1S/C18H23N5OS/c1-22-11-19-9-14(22)16-8-13(4-6-24-16)20-10-15-17(12-2-3-12)21-18-23(15)5-7-25-18/h5,7,9,11-13,16,20H,2-4,6,8,10H2,1H3. The summed E-state index contributed by atoms with van der Waals surface area (Å²) in [4.78, 5) is 10.2. The number of nitrogens with one attached hydrogen (secondary N) is 1. The second-order valence-corrected chi connectivity index (χ2v) is 8.04. The molecule has 6 nitrogen and oxygen atoms in total. The van der Waals surface area contributed by atoms with Gasteiger partial charge in [0.05, 0.1) is 29.6 Å². The molecule has 1 saturated carbocycles. The van der Waals surface area contributed by atoms with Crippen LogP contribution in [0, 0.1) is 0 Å². The molecule has 2 atom stereocenters. The monoisotopic (exact) mass is 357 g/mol. The van der Waals surface area contributed by atoms with Crippen molar-refractivity contribution in [1.82, 2.24) is 24.3 Å². The van der Waals surface area contributed by atoms with E-state index in [-0.39, 0.29) is 6.10 Å². The van der Waals surface area contributed by atoms with Gasteiger partial charge in [0.1, 0.15) is 6.10 Å². The molecule has 25 heavy (non-hydrogen) atoms. The first-order valence-electron chi connectivity index (χ1n) is 9.05. The van der Waals surface area contributed by atoms with Crippen LogP contribution in [0.15, 0.2) is 24.1 Å². The Hall–Kier alpha value is -1.70. The molecule has 1 N–H and O–H groups in total. The van der Waals surface area contributed by atoms with Crippen molar-refractivity contribution in [1.29, 1.82) is 0 Å². The van der Waals surface area contributed by atoms with E-state index in [1.807, 2.05) is 19.6 Å². The van der Waals surface area contributed by atoms with E-state index in [0.29, 0.717) is 12.0 Å². The maximum atomic E-state index is 5.98. The lowest BCUT2D eigenvalue weighted by Crippen LogP contribution is -2.36. The fourth-order valence-electron chi connectivity index (χ4n) is 3.82. The van der Waals surface area contributed by atoms with Crippen LogP contribution in [0.1, 0.15) is 54.8 Å². The fraction of sp³-hybridized carbons (Fsp3) is 0.556. The number of imidazole rings is 2. The highest BCUT2D eigenvalue weighted by atomic mass is 32.1. The maximum absolute atomic E-state index is 5.98. The van der Waals surface area contributed by atoms with Gasteiger partial charge in [0.2, 0.25) is 0 Å². The summed E-state index contributed by atoms with van der Waals surface area (Å²) in [6, 6.07) is 0.463. The van der Waals surface area contributed by atoms with Crippen LogP contribution in [0.5, 0.6) is 0 Å². The molecule has 7 heteroatoms. The molecule has 1 aliphatic heterocycles. The number of fused-ring (bicyclic) bond motifs is 1. The summed E-state index contributed by atoms with van der Waals surface area (Å²) in [5.74, 6) is 0.681. The first-order valence-corrected chi connectivity index (χ1v) is 9.93. The van der Waals surface area contributed by atoms with Crippen molar-refractivity contribution in [2.24, 2.45) is 7.05 Å². The summed E-state index contributed by atoms with van der Waals surface area (Å²) in [5, 5.41) is 5.89. The SMILES string of the molecule is Cn1cncc1C1CC(NCc2c(C3CC3)nc3sccn23)CCO1. The van der Waals surface area contributed by atoms with Gasteiger partial charge in [0, 0.05) is 43.7 Å². The van der Waals surface area contributed by atoms with Crippen LogP contribution >= 0.6 is 11.3 Å². The third-order valence-corrected chi connectivity index (χ3v) is 6.14. The minimum absolute atomic E-state index is 0.133. The molecule has 1 aliphatic carbocycles. The van der Waals surface area contributed by atoms with Gasteiger partial charge in [-0.3, -0.25) is 4.40 Å². The molecule has 4 heterocycles. The van der Waals surface area contributed by atoms with Gasteiger partial charge < -0.3 is 14.6 Å². The summed E-state index contributed by atoms with van der Waals surface area (Å²) in [5.41, 5.74) is 3.83. The van der Waals surface area contributed by atoms with Gasteiger partial charge in [-0.2, -0.15) is 0 Å². The topological polar surface area (TPSA) is 56.4 Å². The molecule has 0 amide bonds. The zero-order valence-corrected chi connectivity index (χ0v) is 15.2. The van der Waals surface area contributed by atoms with Crippen LogP contribution < -0.4 is 5.32 Å². The number of hydrogen-bond acceptors (Lipinski definition) is 5. The van der Waals surface area contributed by atoms with E-state index in [1.54, 1.807) is 11.3 Å². The van der Waals surface area contributed by atoms with Crippen molar-refractivity contribution in [3.05, 3.63) is 41.2 Å². The van der Waals surface area contributed by atoms with Crippen molar-refractivity contribution in [3.63, 3.8) is 0 Å². The molecule has 2 unspecified atom stereocenters. The summed E-state index contributed by atoms with van der Waals surface area (Å²) in [7, 11) is 2.03. The Kier molecular flexibility index (Phi) is 3.87. The fourth-order valence-corrected chi connectivity index (χ4v) is 4.56. The van der Waals surface area contributed by atoms with Gasteiger partial charge in [0.25, 0.3) is 0 Å². The average Bonchev–Trinajstić information content (AvgIpc) is 3.05. The van der Waals surface area contributed by atoms with E-state index >= 15 is 0 Å². The molecule has 2 aliphatic rings. The highest BCUT2D eigenvalue weighted by molar-refractivity contribution is 7.15. The molecule has 0 radical (unpaired) electrons. The average molecular weight is 357 g/mol. The number of aromatic nitrogens is 4. The Morgan fingerprint density at radius 2 is 2.28 bits per heavy atom. The van der Waals surface area contributed by atoms with E-state index < -0.39 is 0 Å². The van der Waals surface area contributed by atoms with Crippen LogP contribution in [0.25, 0.3) is 4.96 Å². The Morgan fingerprint density at radius 1 is 1.36 bits per heavy atom. The Morgan fingerprint density at radius 3 is 3.08 bits per heavy atom. The van der Waals surface area contributed by atoms with E-state index in [0.717, 1.165) is 36.6 Å². The summed E-state index contributed by atoms with van der Waals surface area (Å²) >= 11 is 1.72. The van der Waals surface area contributed by atoms with E-state index in [2.05, 4.69) is 30.8 Å². The number of rotatable bonds is 5. The number of hydrogen-bond donors (Lipinski definition) is 1. The van der Waals surface area contributed by atoms with E-state index in [1.165, 1.54) is 24.2 Å². The van der Waals surface area contributed by atoms with Gasteiger partial charge in [-0.25, -0.2) is 9.97 Å². The quantitative estimate of drug-likeness (QED) is 0.763. The third-order valence-electron chi connectivity index (χ3n) is 5.38. The maximum Gasteiger partial charge on any atom is 0.194 e. The second-order valence-electron chi connectivity index (χ2n) is 7.16. The predicted molar refractivity (Wildman–Crippen MR) is 96.8 cm³/mol. The summed E-state index contributed by atoms with van der Waals surface area (Å²) in [6.45, 7) is 1.68. The minimum atomic E-state index is 0.133. The zero-order valence-electron chi connectivity index (χ0n) is 14.4.